The van der Waals surface area contributed by atoms with E-state index in [9.17, 15) is 10.2 Å². The third kappa shape index (κ3) is 3.36. The van der Waals surface area contributed by atoms with Crippen LogP contribution in [-0.2, 0) is 0 Å². The van der Waals surface area contributed by atoms with E-state index in [-0.39, 0.29) is 17.9 Å². The van der Waals surface area contributed by atoms with Crippen LogP contribution in [0.1, 0.15) is 43.9 Å². The van der Waals surface area contributed by atoms with Gasteiger partial charge in [-0.2, -0.15) is 0 Å². The van der Waals surface area contributed by atoms with E-state index in [4.69, 9.17) is 0 Å². The minimum Gasteiger partial charge on any atom is -0.513 e. The highest BCUT2D eigenvalue weighted by Gasteiger charge is 2.34. The number of rotatable bonds is 4. The summed E-state index contributed by atoms with van der Waals surface area (Å²) >= 11 is 0. The fourth-order valence-corrected chi connectivity index (χ4v) is 3.28. The molecule has 2 aromatic heterocycles. The van der Waals surface area contributed by atoms with Gasteiger partial charge in [0, 0.05) is 11.3 Å². The van der Waals surface area contributed by atoms with Crippen molar-refractivity contribution in [2.45, 2.75) is 45.1 Å². The maximum absolute atomic E-state index is 9.80. The molecule has 4 N–H and O–H groups in total. The Balaban J connectivity index is 0.00000100. The molecule has 1 aliphatic rings. The quantitative estimate of drug-likeness (QED) is 0.511. The number of anilines is 1. The summed E-state index contributed by atoms with van der Waals surface area (Å²) in [5.41, 5.74) is 2.23. The van der Waals surface area contributed by atoms with E-state index < -0.39 is 0 Å². The molecule has 2 heterocycles. The van der Waals surface area contributed by atoms with E-state index in [2.05, 4.69) is 33.1 Å². The lowest BCUT2D eigenvalue weighted by Gasteiger charge is -2.28. The molecule has 0 amide bonds. The molecule has 3 rings (SSSR count). The highest BCUT2D eigenvalue weighted by molar-refractivity contribution is 5.96. The van der Waals surface area contributed by atoms with Crippen LogP contribution in [0.3, 0.4) is 0 Å². The first-order valence-corrected chi connectivity index (χ1v) is 7.97. The third-order valence-electron chi connectivity index (χ3n) is 4.43. The molecule has 2 aromatic rings. The van der Waals surface area contributed by atoms with Crippen molar-refractivity contribution in [2.24, 2.45) is 0 Å². The molecule has 6 heteroatoms. The Bertz CT molecular complexity index is 751. The van der Waals surface area contributed by atoms with Gasteiger partial charge < -0.3 is 20.5 Å². The first kappa shape index (κ1) is 17.8. The number of aromatic amines is 1. The van der Waals surface area contributed by atoms with E-state index in [1.165, 1.54) is 6.33 Å². The maximum Gasteiger partial charge on any atom is 0.143 e. The van der Waals surface area contributed by atoms with Gasteiger partial charge >= 0.3 is 0 Å². The molecule has 1 saturated carbocycles. The second-order valence-corrected chi connectivity index (χ2v) is 6.17. The molecular formula is C18H24N4O2. The first-order valence-electron chi connectivity index (χ1n) is 7.97. The Hall–Kier alpha value is -2.52. The van der Waals surface area contributed by atoms with Gasteiger partial charge in [-0.3, -0.25) is 0 Å². The number of aromatic nitrogens is 3. The second-order valence-electron chi connectivity index (χ2n) is 6.17. The van der Waals surface area contributed by atoms with E-state index in [0.29, 0.717) is 5.82 Å². The summed E-state index contributed by atoms with van der Waals surface area (Å²) in [6, 6.07) is 0. The lowest BCUT2D eigenvalue weighted by Crippen LogP contribution is -2.39. The summed E-state index contributed by atoms with van der Waals surface area (Å²) in [7, 11) is 0. The van der Waals surface area contributed by atoms with E-state index in [1.807, 2.05) is 6.92 Å². The number of H-pyrrole nitrogens is 1. The smallest absolute Gasteiger partial charge is 0.143 e. The van der Waals surface area contributed by atoms with E-state index in [1.54, 1.807) is 13.0 Å². The number of nitrogens with zero attached hydrogens (tertiary/aromatic N) is 2. The molecule has 0 spiro atoms. The average molecular weight is 328 g/mol. The molecule has 0 aromatic carbocycles. The summed E-state index contributed by atoms with van der Waals surface area (Å²) in [5.74, 6) is 0.939. The number of nitrogens with one attached hydrogen (secondary N) is 2. The number of fused-ring (bicyclic) bond motifs is 1. The van der Waals surface area contributed by atoms with Crippen LogP contribution in [0.5, 0.6) is 0 Å². The van der Waals surface area contributed by atoms with Gasteiger partial charge in [-0.15, -0.1) is 12.8 Å². The summed E-state index contributed by atoms with van der Waals surface area (Å²) in [6.07, 6.45) is 15.3. The first-order chi connectivity index (χ1) is 11.5. The molecule has 0 bridgehead atoms. The molecule has 0 radical (unpaired) electrons. The molecule has 6 nitrogen and oxygen atoms in total. The minimum atomic E-state index is -0.304. The highest BCUT2D eigenvalue weighted by Crippen LogP contribution is 2.35. The zero-order valence-corrected chi connectivity index (χ0v) is 14.1. The topological polar surface area (TPSA) is 94.1 Å². The van der Waals surface area contributed by atoms with Crippen LogP contribution in [-0.4, -0.2) is 37.3 Å². The lowest BCUT2D eigenvalue weighted by atomic mass is 9.98. The van der Waals surface area contributed by atoms with Crippen molar-refractivity contribution >= 4 is 22.9 Å². The Morgan fingerprint density at radius 2 is 2.04 bits per heavy atom. The molecule has 24 heavy (non-hydrogen) atoms. The van der Waals surface area contributed by atoms with Gasteiger partial charge in [0.15, 0.2) is 0 Å². The van der Waals surface area contributed by atoms with Crippen molar-refractivity contribution in [1.29, 1.82) is 0 Å². The molecule has 128 valence electrons. The highest BCUT2D eigenvalue weighted by atomic mass is 16.3. The van der Waals surface area contributed by atoms with Gasteiger partial charge in [0.25, 0.3) is 0 Å². The van der Waals surface area contributed by atoms with Gasteiger partial charge in [-0.05, 0) is 32.8 Å². The monoisotopic (exact) mass is 328 g/mol. The lowest BCUT2D eigenvalue weighted by molar-refractivity contribution is 0.214. The molecule has 1 aliphatic carbocycles. The van der Waals surface area contributed by atoms with Crippen LogP contribution < -0.4 is 5.32 Å². The van der Waals surface area contributed by atoms with Crippen molar-refractivity contribution in [3.63, 3.8) is 0 Å². The molecule has 0 atom stereocenters. The predicted octanol–water partition coefficient (Wildman–Crippen LogP) is 3.15. The van der Waals surface area contributed by atoms with Crippen LogP contribution in [0.4, 0.5) is 5.82 Å². The van der Waals surface area contributed by atoms with Crippen LogP contribution in [0.25, 0.3) is 17.1 Å². The fraction of sp³-hybridized carbons (Fsp3) is 0.444. The fourth-order valence-electron chi connectivity index (χ4n) is 3.28. The van der Waals surface area contributed by atoms with E-state index in [0.717, 1.165) is 48.0 Å². The number of hydrogen-bond acceptors (Lipinski definition) is 5. The van der Waals surface area contributed by atoms with Crippen molar-refractivity contribution in [2.75, 3.05) is 11.9 Å². The number of aliphatic hydroxyl groups excluding tert-OH is 2. The van der Waals surface area contributed by atoms with Crippen molar-refractivity contribution in [3.8, 4) is 12.8 Å². The van der Waals surface area contributed by atoms with Crippen LogP contribution >= 0.6 is 0 Å². The number of allylic oxidation sites excluding steroid dienone is 1. The molecule has 0 unspecified atom stereocenters. The zero-order valence-electron chi connectivity index (χ0n) is 14.1. The zero-order chi connectivity index (χ0) is 17.7. The predicted molar refractivity (Wildman–Crippen MR) is 96.7 cm³/mol. The number of hydrogen-bond donors (Lipinski definition) is 4. The standard InChI is InChI=1S/C16H22N4O2.C2H2/c1-10(22)7-12-11(2)19-14-13(12)15(18-9-17-14)20-16(8-21)5-3-4-6-16;1-2/h7,9,21-22H,3-6,8H2,1-2H3,(H2,17,18,19,20);1-2H/b10-7+;. The molecule has 0 aliphatic heterocycles. The normalized spacial score (nSPS) is 16.6. The average Bonchev–Trinajstić information content (AvgIpc) is 3.15. The Morgan fingerprint density at radius 1 is 1.38 bits per heavy atom. The number of aryl methyl sites for hydroxylation is 1. The number of aliphatic hydroxyl groups is 2. The molecular weight excluding hydrogens is 304 g/mol. The summed E-state index contributed by atoms with van der Waals surface area (Å²) in [5, 5.41) is 23.7. The maximum atomic E-state index is 9.80. The van der Waals surface area contributed by atoms with Gasteiger partial charge in [-0.25, -0.2) is 9.97 Å². The van der Waals surface area contributed by atoms with Crippen LogP contribution in [0.15, 0.2) is 12.1 Å². The van der Waals surface area contributed by atoms with Gasteiger partial charge in [0.2, 0.25) is 0 Å². The van der Waals surface area contributed by atoms with Crippen molar-refractivity contribution < 1.29 is 10.2 Å². The van der Waals surface area contributed by atoms with Gasteiger partial charge in [-0.1, -0.05) is 12.8 Å². The van der Waals surface area contributed by atoms with Crippen molar-refractivity contribution in [3.05, 3.63) is 23.3 Å². The molecule has 1 fully saturated rings. The second kappa shape index (κ2) is 7.37. The largest absolute Gasteiger partial charge is 0.513 e. The van der Waals surface area contributed by atoms with Crippen LogP contribution in [0.2, 0.25) is 0 Å². The third-order valence-corrected chi connectivity index (χ3v) is 4.43. The minimum absolute atomic E-state index is 0.0894. The Labute approximate surface area is 142 Å². The Kier molecular flexibility index (Phi) is 5.47. The van der Waals surface area contributed by atoms with Gasteiger partial charge in [0.1, 0.15) is 17.8 Å². The van der Waals surface area contributed by atoms with Crippen molar-refractivity contribution in [1.82, 2.24) is 15.0 Å². The van der Waals surface area contributed by atoms with E-state index >= 15 is 0 Å². The Morgan fingerprint density at radius 3 is 2.62 bits per heavy atom. The van der Waals surface area contributed by atoms with Gasteiger partial charge in [0.05, 0.1) is 23.3 Å². The SMILES string of the molecule is C#C.C/C(O)=C\c1c(C)[nH]c2ncnc(NC3(CO)CCCC3)c12. The molecule has 0 saturated heterocycles. The number of terminal acetylenes is 1. The summed E-state index contributed by atoms with van der Waals surface area (Å²) in [6.45, 7) is 3.67. The van der Waals surface area contributed by atoms with Crippen LogP contribution in [0, 0.1) is 19.8 Å². The summed E-state index contributed by atoms with van der Waals surface area (Å²) in [4.78, 5) is 11.9. The summed E-state index contributed by atoms with van der Waals surface area (Å²) < 4.78 is 0.